The molecule has 0 atom stereocenters. The highest BCUT2D eigenvalue weighted by molar-refractivity contribution is 6.78. The lowest BCUT2D eigenvalue weighted by molar-refractivity contribution is 0.253. The van der Waals surface area contributed by atoms with Crippen molar-refractivity contribution in [2.75, 3.05) is 26.2 Å². The van der Waals surface area contributed by atoms with Crippen molar-refractivity contribution in [1.29, 1.82) is 0 Å². The number of hydrogen-bond acceptors (Lipinski definition) is 2. The standard InChI is InChI=1S/C22H50N2Si2/c1-7-17-25(18-8-2,19-9-3)23-13-15-24(16-14-23)26(20-10-4,21-11-5)22-12-6/h7-22H2,1-6H3. The lowest BCUT2D eigenvalue weighted by atomic mass is 10.4. The Morgan fingerprint density at radius 2 is 0.615 bits per heavy atom. The molecule has 0 saturated carbocycles. The summed E-state index contributed by atoms with van der Waals surface area (Å²) in [6.45, 7) is 20.1. The Bertz CT molecular complexity index is 286. The monoisotopic (exact) mass is 398 g/mol. The van der Waals surface area contributed by atoms with Gasteiger partial charge in [0.1, 0.15) is 16.5 Å². The highest BCUT2D eigenvalue weighted by Crippen LogP contribution is 2.34. The van der Waals surface area contributed by atoms with Gasteiger partial charge in [-0.15, -0.1) is 0 Å². The van der Waals surface area contributed by atoms with E-state index in [4.69, 9.17) is 0 Å². The summed E-state index contributed by atoms with van der Waals surface area (Å²) in [7, 11) is -2.43. The largest absolute Gasteiger partial charge is 0.321 e. The van der Waals surface area contributed by atoms with E-state index in [1.165, 1.54) is 101 Å². The molecule has 0 N–H and O–H groups in total. The molecule has 0 aromatic rings. The second kappa shape index (κ2) is 12.7. The molecule has 1 fully saturated rings. The van der Waals surface area contributed by atoms with Crippen molar-refractivity contribution in [3.05, 3.63) is 0 Å². The molecule has 0 amide bonds. The van der Waals surface area contributed by atoms with Gasteiger partial charge in [0, 0.05) is 26.2 Å². The minimum Gasteiger partial charge on any atom is -0.321 e. The smallest absolute Gasteiger partial charge is 0.128 e. The van der Waals surface area contributed by atoms with Crippen molar-refractivity contribution in [2.45, 2.75) is 116 Å². The predicted molar refractivity (Wildman–Crippen MR) is 125 cm³/mol. The summed E-state index contributed by atoms with van der Waals surface area (Å²) in [5.41, 5.74) is 0. The molecule has 26 heavy (non-hydrogen) atoms. The zero-order chi connectivity index (χ0) is 19.5. The van der Waals surface area contributed by atoms with Crippen LogP contribution in [0.25, 0.3) is 0 Å². The fourth-order valence-electron chi connectivity index (χ4n) is 6.15. The van der Waals surface area contributed by atoms with Gasteiger partial charge in [0.2, 0.25) is 0 Å². The second-order valence-corrected chi connectivity index (χ2v) is 18.1. The fraction of sp³-hybridized carbons (Fsp3) is 1.00. The molecule has 0 spiro atoms. The van der Waals surface area contributed by atoms with E-state index in [-0.39, 0.29) is 0 Å². The van der Waals surface area contributed by atoms with Gasteiger partial charge >= 0.3 is 0 Å². The first-order chi connectivity index (χ1) is 12.6. The van der Waals surface area contributed by atoms with Crippen LogP contribution in [-0.2, 0) is 0 Å². The van der Waals surface area contributed by atoms with Gasteiger partial charge in [0.05, 0.1) is 0 Å². The van der Waals surface area contributed by atoms with Crippen molar-refractivity contribution in [1.82, 2.24) is 9.13 Å². The van der Waals surface area contributed by atoms with Gasteiger partial charge in [-0.05, 0) is 36.3 Å². The summed E-state index contributed by atoms with van der Waals surface area (Å²) in [6, 6.07) is 9.23. The van der Waals surface area contributed by atoms with E-state index < -0.39 is 16.5 Å². The number of nitrogens with zero attached hydrogens (tertiary/aromatic N) is 2. The van der Waals surface area contributed by atoms with Crippen LogP contribution in [0.15, 0.2) is 0 Å². The zero-order valence-electron chi connectivity index (χ0n) is 19.2. The molecule has 0 radical (unpaired) electrons. The molecule has 0 aliphatic carbocycles. The van der Waals surface area contributed by atoms with Gasteiger partial charge in [-0.2, -0.15) is 0 Å². The van der Waals surface area contributed by atoms with Crippen molar-refractivity contribution < 1.29 is 0 Å². The van der Waals surface area contributed by atoms with Crippen molar-refractivity contribution in [3.63, 3.8) is 0 Å². The number of piperazine rings is 1. The van der Waals surface area contributed by atoms with Crippen LogP contribution < -0.4 is 0 Å². The summed E-state index contributed by atoms with van der Waals surface area (Å²) >= 11 is 0. The van der Waals surface area contributed by atoms with Gasteiger partial charge in [-0.1, -0.05) is 80.1 Å². The van der Waals surface area contributed by atoms with E-state index in [1.54, 1.807) is 0 Å². The highest BCUT2D eigenvalue weighted by atomic mass is 28.3. The maximum Gasteiger partial charge on any atom is 0.128 e. The van der Waals surface area contributed by atoms with Crippen molar-refractivity contribution in [3.8, 4) is 0 Å². The molecule has 1 aliphatic heterocycles. The molecular weight excluding hydrogens is 348 g/mol. The maximum absolute atomic E-state index is 3.07. The maximum atomic E-state index is 3.07. The summed E-state index contributed by atoms with van der Waals surface area (Å²) in [5, 5.41) is 0. The first kappa shape index (κ1) is 24.4. The average Bonchev–Trinajstić information content (AvgIpc) is 2.63. The second-order valence-electron chi connectivity index (χ2n) is 8.92. The first-order valence-corrected chi connectivity index (χ1v) is 17.2. The van der Waals surface area contributed by atoms with E-state index in [9.17, 15) is 0 Å². The summed E-state index contributed by atoms with van der Waals surface area (Å²) in [4.78, 5) is 0. The third kappa shape index (κ3) is 6.18. The third-order valence-electron chi connectivity index (χ3n) is 6.91. The Morgan fingerprint density at radius 1 is 0.423 bits per heavy atom. The van der Waals surface area contributed by atoms with E-state index in [1.807, 2.05) is 0 Å². The number of rotatable bonds is 14. The Hall–Kier alpha value is 0.354. The molecule has 1 saturated heterocycles. The molecule has 1 aliphatic rings. The molecule has 0 bridgehead atoms. The lowest BCUT2D eigenvalue weighted by Crippen LogP contribution is -2.65. The van der Waals surface area contributed by atoms with Crippen LogP contribution in [-0.4, -0.2) is 51.8 Å². The molecular formula is C22H50N2Si2. The summed E-state index contributed by atoms with van der Waals surface area (Å²) in [6.07, 6.45) is 8.37. The number of hydrogen-bond donors (Lipinski definition) is 0. The summed E-state index contributed by atoms with van der Waals surface area (Å²) < 4.78 is 6.14. The van der Waals surface area contributed by atoms with Crippen LogP contribution in [0.2, 0.25) is 36.3 Å². The van der Waals surface area contributed by atoms with Crippen LogP contribution in [0.4, 0.5) is 0 Å². The third-order valence-corrected chi connectivity index (χ3v) is 19.1. The molecule has 1 rings (SSSR count). The lowest BCUT2D eigenvalue weighted by Gasteiger charge is -2.52. The zero-order valence-corrected chi connectivity index (χ0v) is 21.2. The van der Waals surface area contributed by atoms with Crippen LogP contribution in [0, 0.1) is 0 Å². The molecule has 0 aromatic carbocycles. The molecule has 0 aromatic heterocycles. The topological polar surface area (TPSA) is 6.48 Å². The van der Waals surface area contributed by atoms with Crippen molar-refractivity contribution in [2.24, 2.45) is 0 Å². The molecule has 0 unspecified atom stereocenters. The van der Waals surface area contributed by atoms with Crippen LogP contribution in [0.3, 0.4) is 0 Å². The predicted octanol–water partition coefficient (Wildman–Crippen LogP) is 6.96. The van der Waals surface area contributed by atoms with Crippen LogP contribution in [0.5, 0.6) is 0 Å². The van der Waals surface area contributed by atoms with Gasteiger partial charge in [0.25, 0.3) is 0 Å². The Morgan fingerprint density at radius 3 is 0.769 bits per heavy atom. The van der Waals surface area contributed by atoms with Gasteiger partial charge < -0.3 is 9.13 Å². The highest BCUT2D eigenvalue weighted by Gasteiger charge is 2.43. The Kier molecular flexibility index (Phi) is 12.0. The molecule has 1 heterocycles. The first-order valence-electron chi connectivity index (χ1n) is 12.1. The minimum absolute atomic E-state index is 1.22. The Labute approximate surface area is 168 Å². The quantitative estimate of drug-likeness (QED) is 0.292. The normalized spacial score (nSPS) is 17.8. The van der Waals surface area contributed by atoms with E-state index >= 15 is 0 Å². The van der Waals surface area contributed by atoms with Gasteiger partial charge in [-0.3, -0.25) is 0 Å². The Balaban J connectivity index is 2.89. The SMILES string of the molecule is CCC[Si](CCC)(CCC)N1CCN([Si](CCC)(CCC)CCC)CC1. The van der Waals surface area contributed by atoms with E-state index in [2.05, 4.69) is 50.7 Å². The van der Waals surface area contributed by atoms with Crippen molar-refractivity contribution >= 4 is 16.5 Å². The van der Waals surface area contributed by atoms with E-state index in [0.717, 1.165) is 0 Å². The van der Waals surface area contributed by atoms with Crippen LogP contribution >= 0.6 is 0 Å². The molecule has 4 heteroatoms. The summed E-state index contributed by atoms with van der Waals surface area (Å²) in [5.74, 6) is 0. The minimum atomic E-state index is -1.22. The van der Waals surface area contributed by atoms with Gasteiger partial charge in [-0.25, -0.2) is 0 Å². The average molecular weight is 399 g/mol. The fourth-order valence-corrected chi connectivity index (χ4v) is 17.4. The van der Waals surface area contributed by atoms with E-state index in [0.29, 0.717) is 0 Å². The molecule has 2 nitrogen and oxygen atoms in total. The van der Waals surface area contributed by atoms with Crippen LogP contribution in [0.1, 0.15) is 80.1 Å². The molecule has 156 valence electrons. The van der Waals surface area contributed by atoms with Gasteiger partial charge in [0.15, 0.2) is 0 Å².